The molecule has 0 bridgehead atoms. The van der Waals surface area contributed by atoms with Gasteiger partial charge in [0, 0.05) is 57.8 Å². The largest absolute Gasteiger partial charge is 0.469 e. The number of hydrogen-bond acceptors (Lipinski definition) is 4. The van der Waals surface area contributed by atoms with Gasteiger partial charge in [-0.05, 0) is 44.7 Å². The lowest BCUT2D eigenvalue weighted by atomic mass is 9.88. The summed E-state index contributed by atoms with van der Waals surface area (Å²) in [4.78, 5) is 19.6. The van der Waals surface area contributed by atoms with E-state index in [2.05, 4.69) is 15.5 Å². The Hall–Kier alpha value is -2.02. The summed E-state index contributed by atoms with van der Waals surface area (Å²) in [7, 11) is 0. The van der Waals surface area contributed by atoms with Gasteiger partial charge in [0.25, 0.3) is 0 Å². The minimum atomic E-state index is 0.246. The van der Waals surface area contributed by atoms with Crippen molar-refractivity contribution in [1.29, 1.82) is 0 Å². The summed E-state index contributed by atoms with van der Waals surface area (Å²) in [6.45, 7) is 6.56. The van der Waals surface area contributed by atoms with Crippen LogP contribution in [0.5, 0.6) is 0 Å². The molecule has 1 aromatic rings. The Labute approximate surface area is 180 Å². The molecule has 0 spiro atoms. The maximum atomic E-state index is 12.8. The van der Waals surface area contributed by atoms with Crippen molar-refractivity contribution >= 4 is 11.9 Å². The molecule has 2 heterocycles. The maximum Gasteiger partial charge on any atom is 0.225 e. The van der Waals surface area contributed by atoms with E-state index in [-0.39, 0.29) is 12.0 Å². The first-order valence-electron chi connectivity index (χ1n) is 11.7. The number of rotatable bonds is 10. The van der Waals surface area contributed by atoms with Gasteiger partial charge in [-0.2, -0.15) is 0 Å². The van der Waals surface area contributed by atoms with Gasteiger partial charge >= 0.3 is 0 Å². The lowest BCUT2D eigenvalue weighted by molar-refractivity contribution is -0.135. The van der Waals surface area contributed by atoms with Crippen LogP contribution in [-0.4, -0.2) is 62.2 Å². The zero-order valence-corrected chi connectivity index (χ0v) is 18.4. The highest BCUT2D eigenvalue weighted by molar-refractivity contribution is 5.81. The van der Waals surface area contributed by atoms with Gasteiger partial charge < -0.3 is 24.7 Å². The Morgan fingerprint density at radius 3 is 2.93 bits per heavy atom. The molecule has 1 unspecified atom stereocenters. The molecule has 1 saturated carbocycles. The molecular weight excluding hydrogens is 380 g/mol. The maximum absolute atomic E-state index is 12.8. The monoisotopic (exact) mass is 418 g/mol. The van der Waals surface area contributed by atoms with E-state index >= 15 is 0 Å². The van der Waals surface area contributed by atoms with Crippen molar-refractivity contribution in [2.45, 2.75) is 64.3 Å². The molecule has 7 heteroatoms. The van der Waals surface area contributed by atoms with Crippen LogP contribution < -0.4 is 10.6 Å². The second-order valence-corrected chi connectivity index (χ2v) is 8.29. The number of carbonyl (C=O) groups is 1. The fraction of sp³-hybridized carbons (Fsp3) is 0.739. The van der Waals surface area contributed by atoms with Gasteiger partial charge in [-0.1, -0.05) is 19.3 Å². The summed E-state index contributed by atoms with van der Waals surface area (Å²) in [6, 6.07) is 4.14. The van der Waals surface area contributed by atoms with Crippen LogP contribution in [0.1, 0.15) is 57.6 Å². The van der Waals surface area contributed by atoms with Gasteiger partial charge in [-0.25, -0.2) is 0 Å². The number of ether oxygens (including phenoxy) is 1. The Balaban J connectivity index is 1.47. The molecule has 0 radical (unpaired) electrons. The predicted molar refractivity (Wildman–Crippen MR) is 119 cm³/mol. The molecule has 1 aliphatic heterocycles. The topological polar surface area (TPSA) is 79.1 Å². The van der Waals surface area contributed by atoms with Crippen molar-refractivity contribution in [2.24, 2.45) is 10.9 Å². The van der Waals surface area contributed by atoms with Gasteiger partial charge in [0.1, 0.15) is 5.76 Å². The Morgan fingerprint density at radius 2 is 2.17 bits per heavy atom. The normalized spacial score (nSPS) is 20.5. The van der Waals surface area contributed by atoms with Crippen LogP contribution in [0.25, 0.3) is 0 Å². The van der Waals surface area contributed by atoms with Crippen molar-refractivity contribution in [3.05, 3.63) is 24.2 Å². The molecule has 7 nitrogen and oxygen atoms in total. The van der Waals surface area contributed by atoms with E-state index in [4.69, 9.17) is 14.1 Å². The summed E-state index contributed by atoms with van der Waals surface area (Å²) in [5.74, 6) is 2.38. The van der Waals surface area contributed by atoms with Crippen molar-refractivity contribution in [3.63, 3.8) is 0 Å². The first kappa shape index (κ1) is 22.7. The highest BCUT2D eigenvalue weighted by atomic mass is 16.5. The average Bonchev–Trinajstić information content (AvgIpc) is 3.46. The molecule has 1 atom stereocenters. The van der Waals surface area contributed by atoms with Crippen molar-refractivity contribution in [1.82, 2.24) is 15.5 Å². The number of hydrogen-bond donors (Lipinski definition) is 2. The molecule has 3 rings (SSSR count). The van der Waals surface area contributed by atoms with E-state index < -0.39 is 0 Å². The van der Waals surface area contributed by atoms with Crippen LogP contribution in [0.4, 0.5) is 0 Å². The SMILES string of the molecule is CCOCCCN=C(NCCc1ccco1)NC1CCN(C(=O)C2CCCCC2)C1. The lowest BCUT2D eigenvalue weighted by Crippen LogP contribution is -2.46. The summed E-state index contributed by atoms with van der Waals surface area (Å²) >= 11 is 0. The van der Waals surface area contributed by atoms with E-state index in [1.807, 2.05) is 19.1 Å². The standard InChI is InChI=1S/C23H38N4O3/c1-2-29-16-7-13-24-23(25-14-11-21-10-6-17-30-21)26-20-12-15-27(18-20)22(28)19-8-4-3-5-9-19/h6,10,17,19-20H,2-5,7-9,11-16,18H2,1H3,(H2,24,25,26). The number of amides is 1. The molecular formula is C23H38N4O3. The minimum Gasteiger partial charge on any atom is -0.469 e. The Bertz CT molecular complexity index is 641. The number of guanidine groups is 1. The molecule has 0 aromatic carbocycles. The smallest absolute Gasteiger partial charge is 0.225 e. The highest BCUT2D eigenvalue weighted by Crippen LogP contribution is 2.26. The summed E-state index contributed by atoms with van der Waals surface area (Å²) in [5.41, 5.74) is 0. The Morgan fingerprint density at radius 1 is 1.30 bits per heavy atom. The molecule has 2 fully saturated rings. The van der Waals surface area contributed by atoms with Crippen molar-refractivity contribution in [2.75, 3.05) is 39.4 Å². The van der Waals surface area contributed by atoms with Gasteiger partial charge in [0.05, 0.1) is 6.26 Å². The Kier molecular flexibility index (Phi) is 9.54. The van der Waals surface area contributed by atoms with E-state index in [9.17, 15) is 4.79 Å². The van der Waals surface area contributed by atoms with E-state index in [1.54, 1.807) is 6.26 Å². The third-order valence-electron chi connectivity index (χ3n) is 5.96. The van der Waals surface area contributed by atoms with Crippen molar-refractivity contribution in [3.8, 4) is 0 Å². The third kappa shape index (κ3) is 7.35. The van der Waals surface area contributed by atoms with Crippen molar-refractivity contribution < 1.29 is 13.9 Å². The van der Waals surface area contributed by atoms with Crippen LogP contribution in [0, 0.1) is 5.92 Å². The molecule has 2 N–H and O–H groups in total. The van der Waals surface area contributed by atoms with Crippen LogP contribution >= 0.6 is 0 Å². The first-order valence-corrected chi connectivity index (χ1v) is 11.7. The molecule has 30 heavy (non-hydrogen) atoms. The third-order valence-corrected chi connectivity index (χ3v) is 5.96. The number of likely N-dealkylation sites (tertiary alicyclic amines) is 1. The van der Waals surface area contributed by atoms with Crippen LogP contribution in [0.2, 0.25) is 0 Å². The van der Waals surface area contributed by atoms with Gasteiger partial charge in [0.15, 0.2) is 5.96 Å². The van der Waals surface area contributed by atoms with E-state index in [1.165, 1.54) is 19.3 Å². The fourth-order valence-electron chi connectivity index (χ4n) is 4.29. The van der Waals surface area contributed by atoms with Crippen LogP contribution in [0.3, 0.4) is 0 Å². The fourth-order valence-corrected chi connectivity index (χ4v) is 4.29. The second kappa shape index (κ2) is 12.6. The summed E-state index contributed by atoms with van der Waals surface area (Å²) < 4.78 is 10.8. The van der Waals surface area contributed by atoms with Gasteiger partial charge in [-0.15, -0.1) is 0 Å². The van der Waals surface area contributed by atoms with Crippen LogP contribution in [-0.2, 0) is 16.0 Å². The summed E-state index contributed by atoms with van der Waals surface area (Å²) in [5, 5.41) is 6.97. The average molecular weight is 419 g/mol. The quantitative estimate of drug-likeness (QED) is 0.347. The lowest BCUT2D eigenvalue weighted by Gasteiger charge is -2.26. The minimum absolute atomic E-state index is 0.246. The number of aliphatic imine (C=N–C) groups is 1. The molecule has 1 saturated heterocycles. The van der Waals surface area contributed by atoms with E-state index in [0.717, 1.165) is 76.7 Å². The first-order chi connectivity index (χ1) is 14.8. The van der Waals surface area contributed by atoms with Gasteiger partial charge in [-0.3, -0.25) is 9.79 Å². The molecule has 1 amide bonds. The van der Waals surface area contributed by atoms with Gasteiger partial charge in [0.2, 0.25) is 5.91 Å². The number of nitrogens with one attached hydrogen (secondary N) is 2. The summed E-state index contributed by atoms with van der Waals surface area (Å²) in [6.07, 6.45) is 10.2. The number of carbonyl (C=O) groups excluding carboxylic acids is 1. The number of nitrogens with zero attached hydrogens (tertiary/aromatic N) is 2. The van der Waals surface area contributed by atoms with Crippen LogP contribution in [0.15, 0.2) is 27.8 Å². The zero-order chi connectivity index (χ0) is 21.0. The zero-order valence-electron chi connectivity index (χ0n) is 18.4. The predicted octanol–water partition coefficient (Wildman–Crippen LogP) is 2.97. The highest BCUT2D eigenvalue weighted by Gasteiger charge is 2.31. The number of furan rings is 1. The molecule has 1 aromatic heterocycles. The second-order valence-electron chi connectivity index (χ2n) is 8.29. The molecule has 168 valence electrons. The van der Waals surface area contributed by atoms with E-state index in [0.29, 0.717) is 12.5 Å². The molecule has 2 aliphatic rings. The molecule has 1 aliphatic carbocycles.